The summed E-state index contributed by atoms with van der Waals surface area (Å²) in [6, 6.07) is 43.1. The second-order valence-electron chi connectivity index (χ2n) is 7.95. The van der Waals surface area contributed by atoms with Gasteiger partial charge in [-0.2, -0.15) is 0 Å². The Balaban J connectivity index is 1.71. The second kappa shape index (κ2) is 7.81. The Morgan fingerprint density at radius 2 is 1.19 bits per heavy atom. The molecule has 6 aromatic rings. The van der Waals surface area contributed by atoms with Crippen LogP contribution >= 0.6 is 15.9 Å². The van der Waals surface area contributed by atoms with Crippen LogP contribution in [0.3, 0.4) is 0 Å². The van der Waals surface area contributed by atoms with E-state index in [1.54, 1.807) is 0 Å². The van der Waals surface area contributed by atoms with Crippen LogP contribution in [-0.2, 0) is 0 Å². The molecule has 0 saturated carbocycles. The van der Waals surface area contributed by atoms with Gasteiger partial charge in [0.2, 0.25) is 0 Å². The van der Waals surface area contributed by atoms with Gasteiger partial charge in [-0.1, -0.05) is 107 Å². The van der Waals surface area contributed by atoms with E-state index in [1.165, 1.54) is 49.7 Å². The molecule has 0 amide bonds. The summed E-state index contributed by atoms with van der Waals surface area (Å²) in [6.45, 7) is 0. The molecule has 1 nitrogen and oxygen atoms in total. The van der Waals surface area contributed by atoms with E-state index in [2.05, 4.69) is 142 Å². The van der Waals surface area contributed by atoms with Crippen LogP contribution in [0.15, 0.2) is 126 Å². The fourth-order valence-corrected chi connectivity index (χ4v) is 5.08. The van der Waals surface area contributed by atoms with Gasteiger partial charge in [-0.05, 0) is 47.0 Å². The topological polar surface area (TPSA) is 4.93 Å². The van der Waals surface area contributed by atoms with Gasteiger partial charge in [-0.15, -0.1) is 0 Å². The van der Waals surface area contributed by atoms with E-state index in [-0.39, 0.29) is 0 Å². The molecule has 0 atom stereocenters. The van der Waals surface area contributed by atoms with Gasteiger partial charge >= 0.3 is 0 Å². The third-order valence-corrected chi connectivity index (χ3v) is 6.76. The zero-order chi connectivity index (χ0) is 21.5. The molecular formula is C30H20BrN. The molecule has 6 rings (SSSR count). The highest BCUT2D eigenvalue weighted by Crippen LogP contribution is 2.41. The SMILES string of the molecule is Brc1ccc(-c2ccccc2)cc1-c1cccc2c3ccccc3n(-c3ccccc3)c12. The molecule has 1 aromatic heterocycles. The lowest BCUT2D eigenvalue weighted by Gasteiger charge is -2.14. The minimum atomic E-state index is 1.09. The number of hydrogen-bond donors (Lipinski definition) is 0. The van der Waals surface area contributed by atoms with Gasteiger partial charge in [-0.25, -0.2) is 0 Å². The van der Waals surface area contributed by atoms with E-state index in [4.69, 9.17) is 0 Å². The second-order valence-corrected chi connectivity index (χ2v) is 8.80. The Labute approximate surface area is 195 Å². The number of para-hydroxylation sites is 3. The Hall–Kier alpha value is -3.62. The van der Waals surface area contributed by atoms with E-state index < -0.39 is 0 Å². The van der Waals surface area contributed by atoms with Crippen molar-refractivity contribution in [3.8, 4) is 27.9 Å². The summed E-state index contributed by atoms with van der Waals surface area (Å²) in [4.78, 5) is 0. The first-order valence-electron chi connectivity index (χ1n) is 10.7. The molecule has 0 unspecified atom stereocenters. The molecule has 0 saturated heterocycles. The minimum Gasteiger partial charge on any atom is -0.309 e. The third kappa shape index (κ3) is 3.07. The Morgan fingerprint density at radius 1 is 0.500 bits per heavy atom. The molecule has 1 heterocycles. The maximum Gasteiger partial charge on any atom is 0.0619 e. The molecule has 2 heteroatoms. The average Bonchev–Trinajstić information content (AvgIpc) is 3.20. The van der Waals surface area contributed by atoms with Gasteiger partial charge in [0.15, 0.2) is 0 Å². The molecule has 5 aromatic carbocycles. The first kappa shape index (κ1) is 19.1. The zero-order valence-corrected chi connectivity index (χ0v) is 19.0. The number of rotatable bonds is 3. The van der Waals surface area contributed by atoms with Crippen LogP contribution in [0.2, 0.25) is 0 Å². The molecule has 0 N–H and O–H groups in total. The molecule has 0 aliphatic rings. The lowest BCUT2D eigenvalue weighted by Crippen LogP contribution is -1.95. The summed E-state index contributed by atoms with van der Waals surface area (Å²) in [5.74, 6) is 0. The summed E-state index contributed by atoms with van der Waals surface area (Å²) in [7, 11) is 0. The van der Waals surface area contributed by atoms with Gasteiger partial charge < -0.3 is 4.57 Å². The zero-order valence-electron chi connectivity index (χ0n) is 17.4. The quantitative estimate of drug-likeness (QED) is 0.241. The van der Waals surface area contributed by atoms with Crippen molar-refractivity contribution in [1.82, 2.24) is 4.57 Å². The van der Waals surface area contributed by atoms with Crippen LogP contribution in [0.4, 0.5) is 0 Å². The fraction of sp³-hybridized carbons (Fsp3) is 0. The Morgan fingerprint density at radius 3 is 2.00 bits per heavy atom. The number of fused-ring (bicyclic) bond motifs is 3. The van der Waals surface area contributed by atoms with E-state index >= 15 is 0 Å². The van der Waals surface area contributed by atoms with Crippen molar-refractivity contribution in [2.75, 3.05) is 0 Å². The van der Waals surface area contributed by atoms with Gasteiger partial charge in [0, 0.05) is 26.5 Å². The number of hydrogen-bond acceptors (Lipinski definition) is 0. The predicted octanol–water partition coefficient (Wildman–Crippen LogP) is 8.88. The van der Waals surface area contributed by atoms with E-state index in [0.717, 1.165) is 4.47 Å². The lowest BCUT2D eigenvalue weighted by molar-refractivity contribution is 1.18. The molecule has 0 radical (unpaired) electrons. The van der Waals surface area contributed by atoms with Gasteiger partial charge in [-0.3, -0.25) is 0 Å². The smallest absolute Gasteiger partial charge is 0.0619 e. The maximum absolute atomic E-state index is 3.84. The van der Waals surface area contributed by atoms with E-state index in [1.807, 2.05) is 0 Å². The van der Waals surface area contributed by atoms with Crippen molar-refractivity contribution in [3.63, 3.8) is 0 Å². The molecule has 0 fully saturated rings. The van der Waals surface area contributed by atoms with Crippen LogP contribution in [-0.4, -0.2) is 4.57 Å². The lowest BCUT2D eigenvalue weighted by atomic mass is 9.97. The van der Waals surface area contributed by atoms with Crippen molar-refractivity contribution in [3.05, 3.63) is 126 Å². The van der Waals surface area contributed by atoms with Crippen molar-refractivity contribution in [2.45, 2.75) is 0 Å². The van der Waals surface area contributed by atoms with Crippen molar-refractivity contribution in [1.29, 1.82) is 0 Å². The minimum absolute atomic E-state index is 1.09. The molecule has 0 aliphatic carbocycles. The predicted molar refractivity (Wildman–Crippen MR) is 139 cm³/mol. The monoisotopic (exact) mass is 473 g/mol. The summed E-state index contributed by atoms with van der Waals surface area (Å²) in [6.07, 6.45) is 0. The highest BCUT2D eigenvalue weighted by molar-refractivity contribution is 9.10. The molecular weight excluding hydrogens is 454 g/mol. The van der Waals surface area contributed by atoms with Crippen LogP contribution in [0, 0.1) is 0 Å². The first-order valence-corrected chi connectivity index (χ1v) is 11.5. The van der Waals surface area contributed by atoms with Crippen LogP contribution in [0.25, 0.3) is 49.7 Å². The van der Waals surface area contributed by atoms with Crippen molar-refractivity contribution < 1.29 is 0 Å². The van der Waals surface area contributed by atoms with Crippen LogP contribution < -0.4 is 0 Å². The van der Waals surface area contributed by atoms with E-state index in [0.29, 0.717) is 0 Å². The number of nitrogens with zero attached hydrogens (tertiary/aromatic N) is 1. The summed E-state index contributed by atoms with van der Waals surface area (Å²) < 4.78 is 3.48. The van der Waals surface area contributed by atoms with E-state index in [9.17, 15) is 0 Å². The first-order chi connectivity index (χ1) is 15.8. The Kier molecular flexibility index (Phi) is 4.66. The highest BCUT2D eigenvalue weighted by atomic mass is 79.9. The molecule has 0 bridgehead atoms. The van der Waals surface area contributed by atoms with Crippen molar-refractivity contribution in [2.24, 2.45) is 0 Å². The third-order valence-electron chi connectivity index (χ3n) is 6.07. The summed E-state index contributed by atoms with van der Waals surface area (Å²) in [5, 5.41) is 2.53. The average molecular weight is 474 g/mol. The normalized spacial score (nSPS) is 11.3. The van der Waals surface area contributed by atoms with Gasteiger partial charge in [0.1, 0.15) is 0 Å². The Bertz CT molecular complexity index is 1560. The van der Waals surface area contributed by atoms with Crippen LogP contribution in [0.5, 0.6) is 0 Å². The molecule has 152 valence electrons. The van der Waals surface area contributed by atoms with Crippen molar-refractivity contribution >= 4 is 37.7 Å². The molecule has 32 heavy (non-hydrogen) atoms. The molecule has 0 spiro atoms. The fourth-order valence-electron chi connectivity index (χ4n) is 4.62. The van der Waals surface area contributed by atoms with Gasteiger partial charge in [0.05, 0.1) is 11.0 Å². The maximum atomic E-state index is 3.84. The standard InChI is InChI=1S/C30H20BrN/c31-28-19-18-22(21-10-3-1-4-11-21)20-27(28)26-16-9-15-25-24-14-7-8-17-29(24)32(30(25)26)23-12-5-2-6-13-23/h1-20H. The summed E-state index contributed by atoms with van der Waals surface area (Å²) >= 11 is 3.84. The largest absolute Gasteiger partial charge is 0.309 e. The molecule has 0 aliphatic heterocycles. The number of benzene rings is 5. The summed E-state index contributed by atoms with van der Waals surface area (Å²) in [5.41, 5.74) is 8.45. The number of halogens is 1. The van der Waals surface area contributed by atoms with Crippen LogP contribution in [0.1, 0.15) is 0 Å². The highest BCUT2D eigenvalue weighted by Gasteiger charge is 2.17. The number of aromatic nitrogens is 1. The van der Waals surface area contributed by atoms with Gasteiger partial charge in [0.25, 0.3) is 0 Å².